The minimum Gasteiger partial charge on any atom is -0.341 e. The van der Waals surface area contributed by atoms with Gasteiger partial charge in [0.05, 0.1) is 13.0 Å². The minimum atomic E-state index is -0.678. The van der Waals surface area contributed by atoms with Gasteiger partial charge in [0, 0.05) is 12.2 Å². The van der Waals surface area contributed by atoms with Crippen LogP contribution in [0.2, 0.25) is 0 Å². The summed E-state index contributed by atoms with van der Waals surface area (Å²) in [6.07, 6.45) is 5.66. The number of carbonyl (C=O) groups is 4. The smallest absolute Gasteiger partial charge is 0.341 e. The van der Waals surface area contributed by atoms with Crippen LogP contribution in [0.3, 0.4) is 0 Å². The summed E-state index contributed by atoms with van der Waals surface area (Å²) in [6, 6.07) is 8.65. The lowest BCUT2D eigenvalue weighted by molar-refractivity contribution is -0.199. The van der Waals surface area contributed by atoms with E-state index in [0.29, 0.717) is 17.7 Å². The summed E-state index contributed by atoms with van der Waals surface area (Å²) in [5.41, 5.74) is 1.81. The summed E-state index contributed by atoms with van der Waals surface area (Å²) in [6.45, 7) is 2.32. The number of thioether (sulfide) groups is 1. The third-order valence-electron chi connectivity index (χ3n) is 6.06. The van der Waals surface area contributed by atoms with Crippen LogP contribution in [-0.4, -0.2) is 57.4 Å². The van der Waals surface area contributed by atoms with Crippen LogP contribution in [0.15, 0.2) is 41.6 Å². The van der Waals surface area contributed by atoms with Crippen LogP contribution in [0.4, 0.5) is 0 Å². The molecule has 3 amide bonds. The summed E-state index contributed by atoms with van der Waals surface area (Å²) in [7, 11) is 0. The normalized spacial score (nSPS) is 21.7. The Morgan fingerprint density at radius 3 is 2.64 bits per heavy atom. The second-order valence-electron chi connectivity index (χ2n) is 8.54. The molecule has 33 heavy (non-hydrogen) atoms. The fraction of sp³-hybridized carbons (Fsp3) is 0.500. The first-order chi connectivity index (χ1) is 16.0. The van der Waals surface area contributed by atoms with E-state index in [4.69, 9.17) is 4.84 Å². The molecule has 0 radical (unpaired) electrons. The van der Waals surface area contributed by atoms with Gasteiger partial charge in [-0.3, -0.25) is 19.3 Å². The Bertz CT molecular complexity index is 964. The lowest BCUT2D eigenvalue weighted by Gasteiger charge is -2.51. The Balaban J connectivity index is 1.33. The third-order valence-corrected chi connectivity index (χ3v) is 7.40. The molecule has 0 aliphatic carbocycles. The van der Waals surface area contributed by atoms with Gasteiger partial charge in [-0.1, -0.05) is 62.9 Å². The summed E-state index contributed by atoms with van der Waals surface area (Å²) in [4.78, 5) is 57.1. The van der Waals surface area contributed by atoms with E-state index in [1.165, 1.54) is 16.7 Å². The summed E-state index contributed by atoms with van der Waals surface area (Å²) in [5, 5.41) is 3.59. The van der Waals surface area contributed by atoms with Crippen LogP contribution in [0, 0.1) is 0 Å². The molecule has 1 fully saturated rings. The number of hydroxylamine groups is 2. The van der Waals surface area contributed by atoms with E-state index in [1.54, 1.807) is 0 Å². The minimum absolute atomic E-state index is 0.184. The largest absolute Gasteiger partial charge is 0.379 e. The second-order valence-corrected chi connectivity index (χ2v) is 9.65. The molecule has 3 aliphatic heterocycles. The van der Waals surface area contributed by atoms with Crippen molar-refractivity contribution in [3.8, 4) is 0 Å². The van der Waals surface area contributed by atoms with Gasteiger partial charge in [-0.05, 0) is 17.6 Å². The van der Waals surface area contributed by atoms with E-state index in [-0.39, 0.29) is 41.8 Å². The SMILES string of the molecule is CCCCCCCC(=O)N1CC2=C(C(=O)O1)N1C(=O)[C@@H](NC(=O)Cc3ccccc3)[C@H]1SC2. The fourth-order valence-electron chi connectivity index (χ4n) is 4.29. The lowest BCUT2D eigenvalue weighted by Crippen LogP contribution is -2.71. The van der Waals surface area contributed by atoms with Gasteiger partial charge in [0.2, 0.25) is 5.91 Å². The quantitative estimate of drug-likeness (QED) is 0.439. The zero-order valence-corrected chi connectivity index (χ0v) is 19.6. The van der Waals surface area contributed by atoms with Gasteiger partial charge >= 0.3 is 5.97 Å². The fourth-order valence-corrected chi connectivity index (χ4v) is 5.63. The standard InChI is InChI=1S/C24H29N3O5S/c1-2-3-4-5-9-12-19(29)26-14-17-15-33-23-20(22(30)27(23)21(17)24(31)32-26)25-18(28)13-16-10-7-6-8-11-16/h6-8,10-11,20,23H,2-5,9,12-15H2,1H3,(H,25,28)/t20-,23-/m1/s1. The van der Waals surface area contributed by atoms with E-state index < -0.39 is 12.0 Å². The van der Waals surface area contributed by atoms with Crippen LogP contribution in [-0.2, 0) is 30.4 Å². The van der Waals surface area contributed by atoms with Gasteiger partial charge in [0.1, 0.15) is 17.1 Å². The Morgan fingerprint density at radius 2 is 1.88 bits per heavy atom. The maximum Gasteiger partial charge on any atom is 0.379 e. The Hall–Kier alpha value is -2.81. The molecule has 1 saturated heterocycles. The van der Waals surface area contributed by atoms with Crippen molar-refractivity contribution >= 4 is 35.5 Å². The van der Waals surface area contributed by atoms with Crippen molar-refractivity contribution in [3.63, 3.8) is 0 Å². The number of nitrogens with one attached hydrogen (secondary N) is 1. The number of hydrogen-bond donors (Lipinski definition) is 1. The van der Waals surface area contributed by atoms with Crippen LogP contribution in [0.25, 0.3) is 0 Å². The van der Waals surface area contributed by atoms with Gasteiger partial charge < -0.3 is 10.2 Å². The number of nitrogens with zero attached hydrogens (tertiary/aromatic N) is 2. The molecule has 1 N–H and O–H groups in total. The molecular formula is C24H29N3O5S. The van der Waals surface area contributed by atoms with Crippen molar-refractivity contribution in [2.45, 2.75) is 63.3 Å². The first kappa shape index (κ1) is 23.4. The van der Waals surface area contributed by atoms with Crippen molar-refractivity contribution < 1.29 is 24.0 Å². The van der Waals surface area contributed by atoms with E-state index in [9.17, 15) is 19.2 Å². The zero-order valence-electron chi connectivity index (χ0n) is 18.7. The molecule has 3 aliphatic rings. The third kappa shape index (κ3) is 5.08. The lowest BCUT2D eigenvalue weighted by atomic mass is 10.0. The molecule has 4 rings (SSSR count). The van der Waals surface area contributed by atoms with Crippen molar-refractivity contribution in [2.24, 2.45) is 0 Å². The first-order valence-corrected chi connectivity index (χ1v) is 12.6. The molecule has 176 valence electrons. The molecule has 1 aromatic rings. The monoisotopic (exact) mass is 471 g/mol. The number of benzene rings is 1. The molecular weight excluding hydrogens is 442 g/mol. The van der Waals surface area contributed by atoms with Crippen LogP contribution in [0.5, 0.6) is 0 Å². The molecule has 3 heterocycles. The van der Waals surface area contributed by atoms with Crippen molar-refractivity contribution in [1.29, 1.82) is 0 Å². The Kier molecular flexibility index (Phi) is 7.37. The molecule has 8 nitrogen and oxygen atoms in total. The Morgan fingerprint density at radius 1 is 1.12 bits per heavy atom. The van der Waals surface area contributed by atoms with Gasteiger partial charge in [0.25, 0.3) is 11.8 Å². The zero-order chi connectivity index (χ0) is 23.4. The molecule has 0 unspecified atom stereocenters. The molecule has 0 spiro atoms. The number of rotatable bonds is 9. The second kappa shape index (κ2) is 10.4. The maximum absolute atomic E-state index is 12.8. The predicted octanol–water partition coefficient (Wildman–Crippen LogP) is 2.54. The predicted molar refractivity (Wildman–Crippen MR) is 123 cm³/mol. The van der Waals surface area contributed by atoms with Crippen molar-refractivity contribution in [3.05, 3.63) is 47.2 Å². The molecule has 0 bridgehead atoms. The molecule has 9 heteroatoms. The van der Waals surface area contributed by atoms with E-state index in [1.807, 2.05) is 30.3 Å². The number of amides is 3. The van der Waals surface area contributed by atoms with E-state index >= 15 is 0 Å². The topological polar surface area (TPSA) is 96.0 Å². The molecule has 1 aromatic carbocycles. The van der Waals surface area contributed by atoms with Gasteiger partial charge in [-0.25, -0.2) is 4.79 Å². The summed E-state index contributed by atoms with van der Waals surface area (Å²) >= 11 is 1.49. The number of β-lactam (4-membered cyclic amide) rings is 1. The van der Waals surface area contributed by atoms with E-state index in [0.717, 1.165) is 42.7 Å². The average molecular weight is 472 g/mol. The van der Waals surface area contributed by atoms with Crippen molar-refractivity contribution in [2.75, 3.05) is 12.3 Å². The highest BCUT2D eigenvalue weighted by Gasteiger charge is 2.55. The van der Waals surface area contributed by atoms with Gasteiger partial charge in [0.15, 0.2) is 0 Å². The number of unbranched alkanes of at least 4 members (excludes halogenated alkanes) is 4. The highest BCUT2D eigenvalue weighted by atomic mass is 32.2. The average Bonchev–Trinajstić information content (AvgIpc) is 2.82. The van der Waals surface area contributed by atoms with Gasteiger partial charge in [-0.15, -0.1) is 11.8 Å². The number of fused-ring (bicyclic) bond motifs is 2. The molecule has 0 saturated carbocycles. The highest BCUT2D eigenvalue weighted by Crippen LogP contribution is 2.42. The van der Waals surface area contributed by atoms with Crippen LogP contribution >= 0.6 is 11.8 Å². The van der Waals surface area contributed by atoms with Crippen molar-refractivity contribution in [1.82, 2.24) is 15.3 Å². The van der Waals surface area contributed by atoms with Crippen LogP contribution < -0.4 is 5.32 Å². The van der Waals surface area contributed by atoms with E-state index in [2.05, 4.69) is 12.2 Å². The van der Waals surface area contributed by atoms with Crippen LogP contribution in [0.1, 0.15) is 51.0 Å². The summed E-state index contributed by atoms with van der Waals surface area (Å²) in [5.74, 6) is -0.942. The molecule has 2 atom stereocenters. The summed E-state index contributed by atoms with van der Waals surface area (Å²) < 4.78 is 0. The first-order valence-electron chi connectivity index (χ1n) is 11.5. The van der Waals surface area contributed by atoms with Gasteiger partial charge in [-0.2, -0.15) is 5.06 Å². The Labute approximate surface area is 197 Å². The highest BCUT2D eigenvalue weighted by molar-refractivity contribution is 8.00. The molecule has 0 aromatic heterocycles. The number of hydrogen-bond acceptors (Lipinski definition) is 6. The maximum atomic E-state index is 12.8. The number of carbonyl (C=O) groups excluding carboxylic acids is 4.